The maximum Gasteiger partial charge on any atom is 0.267 e. The third kappa shape index (κ3) is 5.33. The highest BCUT2D eigenvalue weighted by atomic mass is 35.5. The number of hydrogen-bond donors (Lipinski definition) is 1. The van der Waals surface area contributed by atoms with E-state index in [9.17, 15) is 13.2 Å². The van der Waals surface area contributed by atoms with Crippen LogP contribution < -0.4 is 11.3 Å². The van der Waals surface area contributed by atoms with E-state index in [1.165, 1.54) is 15.1 Å². The van der Waals surface area contributed by atoms with E-state index >= 15 is 0 Å². The summed E-state index contributed by atoms with van der Waals surface area (Å²) < 4.78 is 27.4. The van der Waals surface area contributed by atoms with Gasteiger partial charge in [-0.25, -0.2) is 13.4 Å². The van der Waals surface area contributed by atoms with Crippen molar-refractivity contribution in [3.63, 3.8) is 0 Å². The highest BCUT2D eigenvalue weighted by molar-refractivity contribution is 7.88. The molecule has 9 heteroatoms. The summed E-state index contributed by atoms with van der Waals surface area (Å²) in [6.45, 7) is 4.89. The lowest BCUT2D eigenvalue weighted by atomic mass is 10.1. The fourth-order valence-corrected chi connectivity index (χ4v) is 4.72. The Hall–Kier alpha value is -2.26. The zero-order valence-corrected chi connectivity index (χ0v) is 19.4. The van der Waals surface area contributed by atoms with Crippen LogP contribution in [-0.4, -0.2) is 41.6 Å². The number of hydrogen-bond acceptors (Lipinski definition) is 5. The Bertz CT molecular complexity index is 1260. The standard InChI is InChI=1S/C22H27ClN4O3S/c1-15(2)13-26(31(3,29)30)14-16-6-4-7-17(12-16)27-20(10-11-24)25-19-9-5-8-18(23)21(19)22(27)28/h4-9,12,15H,10-11,13-14,24H2,1-3H3. The number of sulfonamides is 1. The number of aromatic nitrogens is 2. The minimum absolute atomic E-state index is 0.184. The van der Waals surface area contributed by atoms with Crippen molar-refractivity contribution in [2.45, 2.75) is 26.8 Å². The summed E-state index contributed by atoms with van der Waals surface area (Å²) in [6.07, 6.45) is 1.61. The van der Waals surface area contributed by atoms with Crippen molar-refractivity contribution in [3.05, 3.63) is 69.2 Å². The van der Waals surface area contributed by atoms with Gasteiger partial charge in [-0.15, -0.1) is 0 Å². The molecule has 2 aromatic carbocycles. The number of halogens is 1. The highest BCUT2D eigenvalue weighted by Crippen LogP contribution is 2.21. The fraction of sp³-hybridized carbons (Fsp3) is 0.364. The van der Waals surface area contributed by atoms with Gasteiger partial charge in [0, 0.05) is 19.5 Å². The van der Waals surface area contributed by atoms with Gasteiger partial charge in [0.1, 0.15) is 5.82 Å². The van der Waals surface area contributed by atoms with Crippen molar-refractivity contribution in [3.8, 4) is 5.69 Å². The number of rotatable bonds is 8. The van der Waals surface area contributed by atoms with Crippen LogP contribution in [0.25, 0.3) is 16.6 Å². The van der Waals surface area contributed by atoms with Gasteiger partial charge in [0.25, 0.3) is 5.56 Å². The highest BCUT2D eigenvalue weighted by Gasteiger charge is 2.19. The molecule has 0 atom stereocenters. The van der Waals surface area contributed by atoms with Crippen molar-refractivity contribution >= 4 is 32.5 Å². The van der Waals surface area contributed by atoms with Gasteiger partial charge in [-0.2, -0.15) is 4.31 Å². The van der Waals surface area contributed by atoms with Crippen molar-refractivity contribution < 1.29 is 8.42 Å². The van der Waals surface area contributed by atoms with Crippen LogP contribution in [0.1, 0.15) is 25.2 Å². The van der Waals surface area contributed by atoms with Crippen LogP contribution in [-0.2, 0) is 23.0 Å². The number of benzene rings is 2. The Morgan fingerprint density at radius 2 is 1.90 bits per heavy atom. The smallest absolute Gasteiger partial charge is 0.267 e. The first kappa shape index (κ1) is 23.4. The summed E-state index contributed by atoms with van der Waals surface area (Å²) in [5.41, 5.74) is 7.38. The second-order valence-corrected chi connectivity index (χ2v) is 10.4. The minimum atomic E-state index is -3.38. The SMILES string of the molecule is CC(C)CN(Cc1cccc(-n2c(CCN)nc3cccc(Cl)c3c2=O)c1)S(C)(=O)=O. The van der Waals surface area contributed by atoms with Crippen LogP contribution >= 0.6 is 11.6 Å². The Labute approximate surface area is 187 Å². The molecule has 1 heterocycles. The maximum absolute atomic E-state index is 13.4. The van der Waals surface area contributed by atoms with Gasteiger partial charge in [0.05, 0.1) is 27.9 Å². The van der Waals surface area contributed by atoms with Gasteiger partial charge in [-0.05, 0) is 42.3 Å². The molecule has 3 aromatic rings. The molecule has 0 aliphatic rings. The molecule has 1 aromatic heterocycles. The molecule has 0 fully saturated rings. The fourth-order valence-electron chi connectivity index (χ4n) is 3.52. The first-order valence-corrected chi connectivity index (χ1v) is 12.3. The molecular formula is C22H27ClN4O3S. The lowest BCUT2D eigenvalue weighted by Crippen LogP contribution is -2.33. The van der Waals surface area contributed by atoms with Crippen molar-refractivity contribution in [2.75, 3.05) is 19.3 Å². The summed E-state index contributed by atoms with van der Waals surface area (Å²) in [5, 5.41) is 0.673. The van der Waals surface area contributed by atoms with E-state index in [1.54, 1.807) is 30.3 Å². The van der Waals surface area contributed by atoms with Crippen LogP contribution in [0, 0.1) is 5.92 Å². The molecule has 166 valence electrons. The summed E-state index contributed by atoms with van der Waals surface area (Å²) in [6, 6.07) is 12.4. The zero-order valence-electron chi connectivity index (χ0n) is 17.9. The number of nitrogens with zero attached hydrogens (tertiary/aromatic N) is 3. The number of nitrogens with two attached hydrogens (primary N) is 1. The van der Waals surface area contributed by atoms with E-state index in [0.717, 1.165) is 5.56 Å². The molecule has 0 amide bonds. The Balaban J connectivity index is 2.14. The van der Waals surface area contributed by atoms with Gasteiger partial charge in [-0.1, -0.05) is 43.6 Å². The molecule has 0 radical (unpaired) electrons. The molecule has 0 spiro atoms. The molecular weight excluding hydrogens is 436 g/mol. The molecule has 0 aliphatic heterocycles. The van der Waals surface area contributed by atoms with Crippen molar-refractivity contribution in [2.24, 2.45) is 11.7 Å². The van der Waals surface area contributed by atoms with E-state index in [0.29, 0.717) is 46.9 Å². The lowest BCUT2D eigenvalue weighted by molar-refractivity contribution is 0.365. The minimum Gasteiger partial charge on any atom is -0.330 e. The molecule has 0 unspecified atom stereocenters. The molecule has 0 aliphatic carbocycles. The van der Waals surface area contributed by atoms with Gasteiger partial charge in [-0.3, -0.25) is 9.36 Å². The monoisotopic (exact) mass is 462 g/mol. The van der Waals surface area contributed by atoms with Crippen LogP contribution in [0.4, 0.5) is 0 Å². The quantitative estimate of drug-likeness (QED) is 0.555. The molecule has 2 N–H and O–H groups in total. The second kappa shape index (κ2) is 9.48. The van der Waals surface area contributed by atoms with Crippen LogP contribution in [0.5, 0.6) is 0 Å². The summed E-state index contributed by atoms with van der Waals surface area (Å²) in [5.74, 6) is 0.713. The van der Waals surface area contributed by atoms with Crippen LogP contribution in [0.15, 0.2) is 47.3 Å². The van der Waals surface area contributed by atoms with Crippen molar-refractivity contribution in [1.82, 2.24) is 13.9 Å². The first-order valence-electron chi connectivity index (χ1n) is 10.1. The van der Waals surface area contributed by atoms with Crippen LogP contribution in [0.3, 0.4) is 0 Å². The summed E-state index contributed by atoms with van der Waals surface area (Å²) in [4.78, 5) is 18.0. The first-order chi connectivity index (χ1) is 14.6. The van der Waals surface area contributed by atoms with Gasteiger partial charge >= 0.3 is 0 Å². The average molecular weight is 463 g/mol. The summed E-state index contributed by atoms with van der Waals surface area (Å²) >= 11 is 6.30. The topological polar surface area (TPSA) is 98.3 Å². The third-order valence-corrected chi connectivity index (χ3v) is 6.38. The van der Waals surface area contributed by atoms with Crippen LogP contribution in [0.2, 0.25) is 5.02 Å². The Kier molecular flexibility index (Phi) is 7.16. The van der Waals surface area contributed by atoms with Crippen molar-refractivity contribution in [1.29, 1.82) is 0 Å². The van der Waals surface area contributed by atoms with Gasteiger partial charge < -0.3 is 5.73 Å². The van der Waals surface area contributed by atoms with Gasteiger partial charge in [0.15, 0.2) is 0 Å². The predicted molar refractivity (Wildman–Crippen MR) is 125 cm³/mol. The summed E-state index contributed by atoms with van der Waals surface area (Å²) in [7, 11) is -3.38. The largest absolute Gasteiger partial charge is 0.330 e. The molecule has 0 bridgehead atoms. The molecule has 7 nitrogen and oxygen atoms in total. The van der Waals surface area contributed by atoms with E-state index in [4.69, 9.17) is 17.3 Å². The second-order valence-electron chi connectivity index (χ2n) is 7.96. The lowest BCUT2D eigenvalue weighted by Gasteiger charge is -2.22. The molecule has 0 saturated carbocycles. The normalized spacial score (nSPS) is 12.2. The third-order valence-electron chi connectivity index (χ3n) is 4.85. The van der Waals surface area contributed by atoms with E-state index < -0.39 is 10.0 Å². The molecule has 31 heavy (non-hydrogen) atoms. The maximum atomic E-state index is 13.4. The van der Waals surface area contributed by atoms with E-state index in [1.807, 2.05) is 26.0 Å². The average Bonchev–Trinajstić information content (AvgIpc) is 2.67. The van der Waals surface area contributed by atoms with E-state index in [-0.39, 0.29) is 18.0 Å². The van der Waals surface area contributed by atoms with E-state index in [2.05, 4.69) is 4.98 Å². The molecule has 0 saturated heterocycles. The Morgan fingerprint density at radius 1 is 1.19 bits per heavy atom. The number of fused-ring (bicyclic) bond motifs is 1. The Morgan fingerprint density at radius 3 is 2.55 bits per heavy atom. The van der Waals surface area contributed by atoms with Gasteiger partial charge in [0.2, 0.25) is 10.0 Å². The molecule has 3 rings (SSSR count). The predicted octanol–water partition coefficient (Wildman–Crippen LogP) is 2.96. The zero-order chi connectivity index (χ0) is 22.8.